The molecule has 0 radical (unpaired) electrons. The summed E-state index contributed by atoms with van der Waals surface area (Å²) in [6.45, 7) is 0. The van der Waals surface area contributed by atoms with Gasteiger partial charge in [0, 0.05) is 0 Å². The van der Waals surface area contributed by atoms with E-state index in [0.29, 0.717) is 0 Å². The molecule has 24 heavy (non-hydrogen) atoms. The van der Waals surface area contributed by atoms with Crippen molar-refractivity contribution >= 4 is 11.9 Å². The molecule has 0 aromatic heterocycles. The number of carbonyl (C=O) groups is 2. The van der Waals surface area contributed by atoms with Gasteiger partial charge in [0.05, 0.1) is 0 Å². The fourth-order valence-electron chi connectivity index (χ4n) is 1.27. The second-order valence-electron chi connectivity index (χ2n) is 4.11. The van der Waals surface area contributed by atoms with Crippen LogP contribution in [0.3, 0.4) is 0 Å². The van der Waals surface area contributed by atoms with Crippen molar-refractivity contribution in [1.82, 2.24) is 0 Å². The van der Waals surface area contributed by atoms with Crippen LogP contribution < -0.4 is 0 Å². The van der Waals surface area contributed by atoms with Crippen LogP contribution in [0.25, 0.3) is 0 Å². The highest BCUT2D eigenvalue weighted by Gasteiger charge is 2.89. The van der Waals surface area contributed by atoms with Gasteiger partial charge >= 0.3 is 47.8 Å². The van der Waals surface area contributed by atoms with E-state index in [0.717, 1.165) is 0 Å². The minimum absolute atomic E-state index is 2.27. The number of rotatable bonds is 1. The first kappa shape index (κ1) is 20.1. The molecule has 0 N–H and O–H groups in total. The molecule has 1 saturated heterocycles. The molecule has 0 saturated carbocycles. The zero-order chi connectivity index (χ0) is 19.6. The highest BCUT2D eigenvalue weighted by Crippen LogP contribution is 2.56. The molecule has 140 valence electrons. The minimum atomic E-state index is -7.40. The van der Waals surface area contributed by atoms with Gasteiger partial charge in [0.15, 0.2) is 0 Å². The fraction of sp³-hybridized carbons (Fsp3) is 0.750. The smallest absolute Gasteiger partial charge is 0.404 e. The zero-order valence-electron chi connectivity index (χ0n) is 10.2. The van der Waals surface area contributed by atoms with E-state index in [4.69, 9.17) is 0 Å². The first-order valence-corrected chi connectivity index (χ1v) is 4.99. The Morgan fingerprint density at radius 2 is 0.958 bits per heavy atom. The molecule has 1 aliphatic rings. The van der Waals surface area contributed by atoms with Crippen molar-refractivity contribution in [3.63, 3.8) is 0 Å². The van der Waals surface area contributed by atoms with E-state index in [-0.39, 0.29) is 0 Å². The Labute approximate surface area is 121 Å². The van der Waals surface area contributed by atoms with Gasteiger partial charge < -0.3 is 9.47 Å². The maximum atomic E-state index is 13.1. The molecule has 1 aliphatic heterocycles. The highest BCUT2D eigenvalue weighted by atomic mass is 19.4. The molecular formula is C8F12O4. The van der Waals surface area contributed by atoms with Crippen molar-refractivity contribution in [2.75, 3.05) is 0 Å². The van der Waals surface area contributed by atoms with Crippen molar-refractivity contribution in [3.8, 4) is 0 Å². The molecule has 0 spiro atoms. The summed E-state index contributed by atoms with van der Waals surface area (Å²) in [4.78, 5) is 21.3. The molecule has 0 unspecified atom stereocenters. The van der Waals surface area contributed by atoms with E-state index in [9.17, 15) is 62.3 Å². The quantitative estimate of drug-likeness (QED) is 0.512. The largest absolute Gasteiger partial charge is 0.475 e. The molecule has 0 aromatic rings. The van der Waals surface area contributed by atoms with E-state index in [1.165, 1.54) is 0 Å². The minimum Gasteiger partial charge on any atom is -0.404 e. The summed E-state index contributed by atoms with van der Waals surface area (Å²) in [6, 6.07) is 0. The summed E-state index contributed by atoms with van der Waals surface area (Å²) in [5.41, 5.74) is 0. The van der Waals surface area contributed by atoms with Crippen molar-refractivity contribution in [2.24, 2.45) is 0 Å². The van der Waals surface area contributed by atoms with Crippen LogP contribution in [0.15, 0.2) is 0 Å². The van der Waals surface area contributed by atoms with Gasteiger partial charge in [-0.15, -0.1) is 0 Å². The summed E-state index contributed by atoms with van der Waals surface area (Å²) >= 11 is 0. The maximum Gasteiger partial charge on any atom is 0.475 e. The Morgan fingerprint density at radius 1 is 0.667 bits per heavy atom. The Bertz CT molecular complexity index is 530. The second-order valence-corrected chi connectivity index (χ2v) is 4.11. The summed E-state index contributed by atoms with van der Waals surface area (Å²) in [5.74, 6) is -35.6. The Balaban J connectivity index is 3.78. The van der Waals surface area contributed by atoms with Gasteiger partial charge in [-0.2, -0.15) is 52.7 Å². The molecule has 1 fully saturated rings. The van der Waals surface area contributed by atoms with Crippen LogP contribution in [-0.4, -0.2) is 47.8 Å². The lowest BCUT2D eigenvalue weighted by Gasteiger charge is -2.38. The number of alkyl halides is 12. The lowest BCUT2D eigenvalue weighted by atomic mass is 10.1. The molecule has 0 amide bonds. The number of halogens is 12. The van der Waals surface area contributed by atoms with E-state index >= 15 is 0 Å². The molecule has 4 nitrogen and oxygen atoms in total. The van der Waals surface area contributed by atoms with Crippen molar-refractivity contribution in [3.05, 3.63) is 0 Å². The van der Waals surface area contributed by atoms with Gasteiger partial charge in [0.2, 0.25) is 0 Å². The van der Waals surface area contributed by atoms with Gasteiger partial charge in [-0.05, 0) is 0 Å². The molecular weight excluding hydrogens is 388 g/mol. The predicted molar refractivity (Wildman–Crippen MR) is 41.9 cm³/mol. The number of hydrogen-bond acceptors (Lipinski definition) is 4. The average molecular weight is 388 g/mol. The zero-order valence-corrected chi connectivity index (χ0v) is 10.2. The van der Waals surface area contributed by atoms with Gasteiger partial charge in [0.25, 0.3) is 0 Å². The Morgan fingerprint density at radius 3 is 1.17 bits per heavy atom. The van der Waals surface area contributed by atoms with Crippen LogP contribution in [0, 0.1) is 0 Å². The second kappa shape index (κ2) is 4.81. The van der Waals surface area contributed by atoms with Crippen LogP contribution in [-0.2, 0) is 19.1 Å². The van der Waals surface area contributed by atoms with Crippen LogP contribution >= 0.6 is 0 Å². The maximum absolute atomic E-state index is 13.1. The molecule has 0 bridgehead atoms. The number of cyclic esters (lactones) is 2. The van der Waals surface area contributed by atoms with E-state index in [2.05, 4.69) is 9.47 Å². The van der Waals surface area contributed by atoms with Crippen LogP contribution in [0.5, 0.6) is 0 Å². The Kier molecular flexibility index (Phi) is 4.04. The average Bonchev–Trinajstić information content (AvgIpc) is 2.37. The summed E-state index contributed by atoms with van der Waals surface area (Å²) in [5, 5.41) is 0. The van der Waals surface area contributed by atoms with Gasteiger partial charge in [-0.3, -0.25) is 0 Å². The van der Waals surface area contributed by atoms with Crippen molar-refractivity contribution in [2.45, 2.75) is 35.9 Å². The first-order chi connectivity index (χ1) is 10.3. The topological polar surface area (TPSA) is 52.6 Å². The number of hydrogen-bond donors (Lipinski definition) is 0. The summed E-state index contributed by atoms with van der Waals surface area (Å²) < 4.78 is 157. The van der Waals surface area contributed by atoms with E-state index in [1.54, 1.807) is 0 Å². The number of esters is 2. The van der Waals surface area contributed by atoms with Crippen molar-refractivity contribution in [1.29, 1.82) is 0 Å². The molecule has 1 heterocycles. The SMILES string of the molecule is O=C1OC(C(F)(F)F)(C(F)(F)C(F)(F)F)OC(=O)C(F)(F)C1(F)F. The number of ether oxygens (including phenoxy) is 2. The first-order valence-electron chi connectivity index (χ1n) is 4.99. The van der Waals surface area contributed by atoms with Gasteiger partial charge in [-0.1, -0.05) is 0 Å². The molecule has 1 rings (SSSR count). The van der Waals surface area contributed by atoms with Crippen LogP contribution in [0.2, 0.25) is 0 Å². The van der Waals surface area contributed by atoms with Crippen LogP contribution in [0.1, 0.15) is 0 Å². The van der Waals surface area contributed by atoms with Gasteiger partial charge in [0.1, 0.15) is 0 Å². The molecule has 0 aromatic carbocycles. The summed E-state index contributed by atoms with van der Waals surface area (Å²) in [7, 11) is 0. The summed E-state index contributed by atoms with van der Waals surface area (Å²) in [6.07, 6.45) is -14.5. The number of carbonyl (C=O) groups excluding carboxylic acids is 2. The van der Waals surface area contributed by atoms with Gasteiger partial charge in [-0.25, -0.2) is 9.59 Å². The van der Waals surface area contributed by atoms with Crippen LogP contribution in [0.4, 0.5) is 52.7 Å². The van der Waals surface area contributed by atoms with Crippen molar-refractivity contribution < 1.29 is 71.7 Å². The molecule has 16 heteroatoms. The third kappa shape index (κ3) is 2.33. The van der Waals surface area contributed by atoms with E-state index in [1.807, 2.05) is 0 Å². The van der Waals surface area contributed by atoms with E-state index < -0.39 is 47.8 Å². The molecule has 0 atom stereocenters. The predicted octanol–water partition coefficient (Wildman–Crippen LogP) is 2.81. The monoisotopic (exact) mass is 388 g/mol. The lowest BCUT2D eigenvalue weighted by Crippen LogP contribution is -2.68. The lowest BCUT2D eigenvalue weighted by molar-refractivity contribution is -0.461. The third-order valence-electron chi connectivity index (χ3n) is 2.52. The Hall–Kier alpha value is -1.90. The highest BCUT2D eigenvalue weighted by molar-refractivity contribution is 5.92. The molecule has 0 aliphatic carbocycles. The normalized spacial score (nSPS) is 24.0. The third-order valence-corrected chi connectivity index (χ3v) is 2.52. The fourth-order valence-corrected chi connectivity index (χ4v) is 1.27. The standard InChI is InChI=1S/C8F12O4/c9-3(10)1(21)23-6(8(18,19)20,5(13,14)7(15,16)17)24-2(22)4(3,11)12.